The summed E-state index contributed by atoms with van der Waals surface area (Å²) in [6.45, 7) is 1.56. The number of hydrogen-bond acceptors (Lipinski definition) is 3. The number of rotatable bonds is 4. The van der Waals surface area contributed by atoms with Crippen LogP contribution in [0.4, 0.5) is 0 Å². The summed E-state index contributed by atoms with van der Waals surface area (Å²) in [5.74, 6) is -0.0818. The summed E-state index contributed by atoms with van der Waals surface area (Å²) in [6, 6.07) is 3.31. The number of hydrogen-bond donors (Lipinski definition) is 1. The highest BCUT2D eigenvalue weighted by atomic mass is 16.4. The first-order valence-corrected chi connectivity index (χ1v) is 6.26. The van der Waals surface area contributed by atoms with E-state index < -0.39 is 5.97 Å². The molecule has 1 fully saturated rings. The lowest BCUT2D eigenvalue weighted by Crippen LogP contribution is -2.35. The van der Waals surface area contributed by atoms with Crippen LogP contribution in [0.15, 0.2) is 16.5 Å². The largest absolute Gasteiger partial charge is 0.481 e. The Hall–Kier alpha value is -1.78. The molecule has 1 aromatic rings. The number of amides is 1. The zero-order chi connectivity index (χ0) is 13.0. The maximum absolute atomic E-state index is 12.1. The molecule has 5 heteroatoms. The molecule has 1 aliphatic heterocycles. The lowest BCUT2D eigenvalue weighted by atomic mass is 10.1. The number of likely N-dealkylation sites (tertiary alicyclic amines) is 1. The van der Waals surface area contributed by atoms with Crippen LogP contribution in [-0.2, 0) is 11.2 Å². The molecule has 0 aliphatic carbocycles. The third-order valence-electron chi connectivity index (χ3n) is 3.10. The van der Waals surface area contributed by atoms with Gasteiger partial charge in [0.05, 0.1) is 6.42 Å². The first-order chi connectivity index (χ1) is 8.66. The molecule has 0 aromatic carbocycles. The summed E-state index contributed by atoms with van der Waals surface area (Å²) in [5, 5.41) is 8.58. The van der Waals surface area contributed by atoms with Crippen LogP contribution in [0.5, 0.6) is 0 Å². The second kappa shape index (κ2) is 5.71. The highest BCUT2D eigenvalue weighted by molar-refractivity contribution is 5.91. The summed E-state index contributed by atoms with van der Waals surface area (Å²) >= 11 is 0. The van der Waals surface area contributed by atoms with E-state index in [0.29, 0.717) is 17.9 Å². The molecule has 2 rings (SSSR count). The molecular weight excluding hydrogens is 234 g/mol. The fraction of sp³-hybridized carbons (Fsp3) is 0.538. The molecular formula is C13H17NO4. The fourth-order valence-corrected chi connectivity index (χ4v) is 2.11. The van der Waals surface area contributed by atoms with Crippen LogP contribution in [0.1, 0.15) is 42.0 Å². The van der Waals surface area contributed by atoms with Crippen molar-refractivity contribution in [1.29, 1.82) is 0 Å². The van der Waals surface area contributed by atoms with E-state index in [1.807, 2.05) is 0 Å². The van der Waals surface area contributed by atoms with Gasteiger partial charge in [-0.1, -0.05) is 0 Å². The SMILES string of the molecule is O=C(O)CCc1ccc(C(=O)N2CCCCC2)o1. The standard InChI is InChI=1S/C13H17NO4/c15-12(16)7-5-10-4-6-11(18-10)13(17)14-8-2-1-3-9-14/h4,6H,1-3,5,7-9H2,(H,15,16). The Morgan fingerprint density at radius 3 is 2.61 bits per heavy atom. The molecule has 2 heterocycles. The summed E-state index contributed by atoms with van der Waals surface area (Å²) in [7, 11) is 0. The number of carbonyl (C=O) groups is 2. The summed E-state index contributed by atoms with van der Waals surface area (Å²) in [6.07, 6.45) is 3.59. The number of piperidine rings is 1. The van der Waals surface area contributed by atoms with Gasteiger partial charge in [-0.15, -0.1) is 0 Å². The molecule has 0 unspecified atom stereocenters. The minimum atomic E-state index is -0.865. The zero-order valence-electron chi connectivity index (χ0n) is 10.2. The van der Waals surface area contributed by atoms with Crippen molar-refractivity contribution < 1.29 is 19.1 Å². The molecule has 1 amide bonds. The normalized spacial score (nSPS) is 15.7. The third kappa shape index (κ3) is 3.12. The number of carbonyl (C=O) groups excluding carboxylic acids is 1. The highest BCUT2D eigenvalue weighted by Gasteiger charge is 2.21. The Kier molecular flexibility index (Phi) is 4.02. The first kappa shape index (κ1) is 12.7. The van der Waals surface area contributed by atoms with Gasteiger partial charge in [0.15, 0.2) is 5.76 Å². The third-order valence-corrected chi connectivity index (χ3v) is 3.10. The van der Waals surface area contributed by atoms with Crippen LogP contribution >= 0.6 is 0 Å². The molecule has 18 heavy (non-hydrogen) atoms. The van der Waals surface area contributed by atoms with E-state index in [9.17, 15) is 9.59 Å². The van der Waals surface area contributed by atoms with Gasteiger partial charge in [-0.05, 0) is 31.4 Å². The Morgan fingerprint density at radius 1 is 1.22 bits per heavy atom. The number of aryl methyl sites for hydroxylation is 1. The van der Waals surface area contributed by atoms with E-state index in [0.717, 1.165) is 25.9 Å². The predicted octanol–water partition coefficient (Wildman–Crippen LogP) is 1.92. The summed E-state index contributed by atoms with van der Waals surface area (Å²) in [4.78, 5) is 24.3. The van der Waals surface area contributed by atoms with Gasteiger partial charge >= 0.3 is 5.97 Å². The van der Waals surface area contributed by atoms with E-state index in [4.69, 9.17) is 9.52 Å². The van der Waals surface area contributed by atoms with Gasteiger partial charge in [0.25, 0.3) is 5.91 Å². The Balaban J connectivity index is 1.95. The van der Waals surface area contributed by atoms with Gasteiger partial charge in [-0.2, -0.15) is 0 Å². The van der Waals surface area contributed by atoms with Crippen LogP contribution in [0, 0.1) is 0 Å². The molecule has 0 spiro atoms. The lowest BCUT2D eigenvalue weighted by molar-refractivity contribution is -0.137. The Labute approximate surface area is 105 Å². The van der Waals surface area contributed by atoms with Gasteiger partial charge in [0.2, 0.25) is 0 Å². The van der Waals surface area contributed by atoms with Gasteiger partial charge in [-0.25, -0.2) is 0 Å². The quantitative estimate of drug-likeness (QED) is 0.887. The monoisotopic (exact) mass is 251 g/mol. The molecule has 1 aromatic heterocycles. The minimum absolute atomic E-state index is 0.0187. The van der Waals surface area contributed by atoms with Crippen LogP contribution < -0.4 is 0 Å². The van der Waals surface area contributed by atoms with Crippen molar-refractivity contribution in [2.45, 2.75) is 32.1 Å². The van der Waals surface area contributed by atoms with Gasteiger partial charge < -0.3 is 14.4 Å². The average molecular weight is 251 g/mol. The summed E-state index contributed by atoms with van der Waals surface area (Å²) < 4.78 is 5.39. The Morgan fingerprint density at radius 2 is 1.94 bits per heavy atom. The molecule has 1 saturated heterocycles. The number of aliphatic carboxylic acids is 1. The van der Waals surface area contributed by atoms with Crippen LogP contribution in [0.3, 0.4) is 0 Å². The minimum Gasteiger partial charge on any atom is -0.481 e. The van der Waals surface area contributed by atoms with Crippen LogP contribution in [-0.4, -0.2) is 35.0 Å². The van der Waals surface area contributed by atoms with Crippen molar-refractivity contribution in [2.24, 2.45) is 0 Å². The van der Waals surface area contributed by atoms with Crippen molar-refractivity contribution in [3.63, 3.8) is 0 Å². The van der Waals surface area contributed by atoms with Crippen molar-refractivity contribution in [2.75, 3.05) is 13.1 Å². The molecule has 0 radical (unpaired) electrons. The lowest BCUT2D eigenvalue weighted by Gasteiger charge is -2.25. The van der Waals surface area contributed by atoms with Gasteiger partial charge in [-0.3, -0.25) is 9.59 Å². The number of nitrogens with zero attached hydrogens (tertiary/aromatic N) is 1. The number of carboxylic acids is 1. The molecule has 1 N–H and O–H groups in total. The highest BCUT2D eigenvalue weighted by Crippen LogP contribution is 2.16. The van der Waals surface area contributed by atoms with Crippen LogP contribution in [0.2, 0.25) is 0 Å². The molecule has 98 valence electrons. The maximum Gasteiger partial charge on any atom is 0.303 e. The average Bonchev–Trinajstić information content (AvgIpc) is 2.85. The number of carboxylic acid groups (broad SMARTS) is 1. The Bertz CT molecular complexity index is 432. The van der Waals surface area contributed by atoms with Crippen molar-refractivity contribution in [3.8, 4) is 0 Å². The van der Waals surface area contributed by atoms with Gasteiger partial charge in [0.1, 0.15) is 5.76 Å². The molecule has 0 saturated carbocycles. The molecule has 1 aliphatic rings. The summed E-state index contributed by atoms with van der Waals surface area (Å²) in [5.41, 5.74) is 0. The van der Waals surface area contributed by atoms with Gasteiger partial charge in [0, 0.05) is 19.5 Å². The maximum atomic E-state index is 12.1. The van der Waals surface area contributed by atoms with E-state index >= 15 is 0 Å². The van der Waals surface area contributed by atoms with Crippen LogP contribution in [0.25, 0.3) is 0 Å². The zero-order valence-corrected chi connectivity index (χ0v) is 10.2. The second-order valence-corrected chi connectivity index (χ2v) is 4.51. The number of furan rings is 1. The second-order valence-electron chi connectivity index (χ2n) is 4.51. The van der Waals surface area contributed by atoms with Crippen molar-refractivity contribution >= 4 is 11.9 Å². The topological polar surface area (TPSA) is 70.8 Å². The van der Waals surface area contributed by atoms with Crippen molar-refractivity contribution in [3.05, 3.63) is 23.7 Å². The van der Waals surface area contributed by atoms with E-state index in [-0.39, 0.29) is 12.3 Å². The van der Waals surface area contributed by atoms with E-state index in [1.54, 1.807) is 17.0 Å². The smallest absolute Gasteiger partial charge is 0.303 e. The predicted molar refractivity (Wildman–Crippen MR) is 64.4 cm³/mol. The fourth-order valence-electron chi connectivity index (χ4n) is 2.11. The van der Waals surface area contributed by atoms with Crippen molar-refractivity contribution in [1.82, 2.24) is 4.90 Å². The van der Waals surface area contributed by atoms with E-state index in [1.165, 1.54) is 6.42 Å². The molecule has 0 bridgehead atoms. The van der Waals surface area contributed by atoms with E-state index in [2.05, 4.69) is 0 Å². The molecule has 5 nitrogen and oxygen atoms in total. The first-order valence-electron chi connectivity index (χ1n) is 6.26. The molecule has 0 atom stereocenters.